The van der Waals surface area contributed by atoms with Gasteiger partial charge in [0.2, 0.25) is 0 Å². The molecule has 3 rings (SSSR count). The van der Waals surface area contributed by atoms with Crippen LogP contribution in [0.4, 0.5) is 0 Å². The van der Waals surface area contributed by atoms with E-state index in [1.165, 1.54) is 30.2 Å². The molecule has 0 radical (unpaired) electrons. The summed E-state index contributed by atoms with van der Waals surface area (Å²) < 4.78 is 0. The van der Waals surface area contributed by atoms with Gasteiger partial charge < -0.3 is 0 Å². The molecule has 2 N–H and O–H groups in total. The Morgan fingerprint density at radius 2 is 2.24 bits per heavy atom. The molecular formula is C13H17N3S. The van der Waals surface area contributed by atoms with Crippen molar-refractivity contribution in [1.82, 2.24) is 9.99 Å². The van der Waals surface area contributed by atoms with Gasteiger partial charge in [0, 0.05) is 34.9 Å². The van der Waals surface area contributed by atoms with Crippen molar-refractivity contribution in [3.63, 3.8) is 0 Å². The zero-order chi connectivity index (χ0) is 11.7. The van der Waals surface area contributed by atoms with E-state index >= 15 is 0 Å². The van der Waals surface area contributed by atoms with E-state index in [9.17, 15) is 0 Å². The van der Waals surface area contributed by atoms with Gasteiger partial charge in [-0.1, -0.05) is 12.8 Å². The Bertz CT molecular complexity index is 508. The fourth-order valence-electron chi connectivity index (χ4n) is 2.65. The van der Waals surface area contributed by atoms with Crippen molar-refractivity contribution in [3.05, 3.63) is 28.6 Å². The number of nitrogens with two attached hydrogens (primary N) is 1. The first kappa shape index (κ1) is 11.1. The van der Waals surface area contributed by atoms with Gasteiger partial charge in [0.05, 0.1) is 5.52 Å². The maximum Gasteiger partial charge on any atom is 0.0812 e. The molecule has 1 aliphatic rings. The first-order chi connectivity index (χ1) is 8.36. The second-order valence-electron chi connectivity index (χ2n) is 4.67. The highest BCUT2D eigenvalue weighted by Gasteiger charge is 2.21. The van der Waals surface area contributed by atoms with Crippen molar-refractivity contribution in [2.24, 2.45) is 5.84 Å². The van der Waals surface area contributed by atoms with Crippen LogP contribution in [0, 0.1) is 0 Å². The molecule has 1 atom stereocenters. The standard InChI is InChI=1S/C13H17N3S/c14-16-7-3-1-2-4-13(16)10-5-6-15-12-9-17-8-11(10)12/h5-6,8-9,13H,1-4,7,14H2. The summed E-state index contributed by atoms with van der Waals surface area (Å²) in [6.07, 6.45) is 6.84. The third-order valence-corrected chi connectivity index (χ3v) is 4.30. The van der Waals surface area contributed by atoms with E-state index in [-0.39, 0.29) is 0 Å². The molecule has 1 fully saturated rings. The van der Waals surface area contributed by atoms with E-state index in [0.717, 1.165) is 18.5 Å². The monoisotopic (exact) mass is 247 g/mol. The molecule has 0 saturated carbocycles. The summed E-state index contributed by atoms with van der Waals surface area (Å²) in [4.78, 5) is 4.40. The first-order valence-electron chi connectivity index (χ1n) is 6.18. The highest BCUT2D eigenvalue weighted by Crippen LogP contribution is 2.33. The number of hydrogen-bond acceptors (Lipinski definition) is 4. The summed E-state index contributed by atoms with van der Waals surface area (Å²) in [5.41, 5.74) is 2.45. The number of thiophene rings is 1. The number of aromatic nitrogens is 1. The van der Waals surface area contributed by atoms with E-state index in [2.05, 4.69) is 21.8 Å². The minimum atomic E-state index is 0.359. The largest absolute Gasteiger partial charge is 0.268 e. The van der Waals surface area contributed by atoms with Crippen LogP contribution < -0.4 is 5.84 Å². The van der Waals surface area contributed by atoms with E-state index in [1.54, 1.807) is 11.3 Å². The highest BCUT2D eigenvalue weighted by atomic mass is 32.1. The lowest BCUT2D eigenvalue weighted by Crippen LogP contribution is -2.35. The Morgan fingerprint density at radius 3 is 3.18 bits per heavy atom. The molecule has 1 unspecified atom stereocenters. The van der Waals surface area contributed by atoms with Crippen LogP contribution in [0.15, 0.2) is 23.0 Å². The molecule has 0 spiro atoms. The van der Waals surface area contributed by atoms with Gasteiger partial charge in [-0.15, -0.1) is 11.3 Å². The third-order valence-electron chi connectivity index (χ3n) is 3.57. The second-order valence-corrected chi connectivity index (χ2v) is 5.42. The molecule has 3 nitrogen and oxygen atoms in total. The van der Waals surface area contributed by atoms with Crippen molar-refractivity contribution in [1.29, 1.82) is 0 Å². The Labute approximate surface area is 105 Å². The highest BCUT2D eigenvalue weighted by molar-refractivity contribution is 7.09. The van der Waals surface area contributed by atoms with Crippen LogP contribution >= 0.6 is 11.3 Å². The Morgan fingerprint density at radius 1 is 1.29 bits per heavy atom. The predicted octanol–water partition coefficient (Wildman–Crippen LogP) is 3.09. The Hall–Kier alpha value is -0.970. The average Bonchev–Trinajstić information content (AvgIpc) is 2.72. The summed E-state index contributed by atoms with van der Waals surface area (Å²) in [7, 11) is 0. The molecule has 90 valence electrons. The minimum absolute atomic E-state index is 0.359. The van der Waals surface area contributed by atoms with Crippen LogP contribution in [0.25, 0.3) is 10.9 Å². The van der Waals surface area contributed by atoms with Crippen LogP contribution in [0.2, 0.25) is 0 Å². The minimum Gasteiger partial charge on any atom is -0.268 e. The van der Waals surface area contributed by atoms with Crippen molar-refractivity contribution in [3.8, 4) is 0 Å². The maximum atomic E-state index is 6.19. The van der Waals surface area contributed by atoms with E-state index in [4.69, 9.17) is 5.84 Å². The van der Waals surface area contributed by atoms with Gasteiger partial charge >= 0.3 is 0 Å². The summed E-state index contributed by atoms with van der Waals surface area (Å²) in [6, 6.07) is 2.49. The Kier molecular flexibility index (Phi) is 3.09. The Balaban J connectivity index is 2.03. The number of hydrogen-bond donors (Lipinski definition) is 1. The molecular weight excluding hydrogens is 230 g/mol. The molecule has 1 saturated heterocycles. The summed E-state index contributed by atoms with van der Waals surface area (Å²) in [5.74, 6) is 6.19. The van der Waals surface area contributed by atoms with Crippen molar-refractivity contribution in [2.45, 2.75) is 31.7 Å². The fraction of sp³-hybridized carbons (Fsp3) is 0.462. The summed E-state index contributed by atoms with van der Waals surface area (Å²) in [5, 5.41) is 7.59. The zero-order valence-corrected chi connectivity index (χ0v) is 10.6. The van der Waals surface area contributed by atoms with E-state index in [1.807, 2.05) is 11.2 Å². The van der Waals surface area contributed by atoms with Gasteiger partial charge in [-0.3, -0.25) is 10.8 Å². The molecule has 0 bridgehead atoms. The van der Waals surface area contributed by atoms with Crippen molar-refractivity contribution in [2.75, 3.05) is 6.54 Å². The smallest absolute Gasteiger partial charge is 0.0812 e. The molecule has 3 heterocycles. The lowest BCUT2D eigenvalue weighted by Gasteiger charge is -2.25. The lowest BCUT2D eigenvalue weighted by atomic mass is 10.00. The van der Waals surface area contributed by atoms with Crippen LogP contribution in [0.5, 0.6) is 0 Å². The van der Waals surface area contributed by atoms with Gasteiger partial charge in [-0.2, -0.15) is 0 Å². The van der Waals surface area contributed by atoms with Gasteiger partial charge in [-0.25, -0.2) is 5.01 Å². The molecule has 0 aromatic carbocycles. The molecule has 2 aromatic rings. The van der Waals surface area contributed by atoms with Crippen LogP contribution in [-0.4, -0.2) is 16.5 Å². The number of nitrogens with zero attached hydrogens (tertiary/aromatic N) is 2. The van der Waals surface area contributed by atoms with E-state index < -0.39 is 0 Å². The predicted molar refractivity (Wildman–Crippen MR) is 71.7 cm³/mol. The summed E-state index contributed by atoms with van der Waals surface area (Å²) >= 11 is 1.72. The maximum absolute atomic E-state index is 6.19. The quantitative estimate of drug-likeness (QED) is 0.787. The van der Waals surface area contributed by atoms with Crippen LogP contribution in [0.1, 0.15) is 37.3 Å². The van der Waals surface area contributed by atoms with Crippen molar-refractivity contribution < 1.29 is 0 Å². The van der Waals surface area contributed by atoms with Gasteiger partial charge in [0.25, 0.3) is 0 Å². The van der Waals surface area contributed by atoms with Gasteiger partial charge in [-0.05, 0) is 24.5 Å². The van der Waals surface area contributed by atoms with Gasteiger partial charge in [0.1, 0.15) is 0 Å². The van der Waals surface area contributed by atoms with Crippen LogP contribution in [0.3, 0.4) is 0 Å². The summed E-state index contributed by atoms with van der Waals surface area (Å²) in [6.45, 7) is 0.999. The number of hydrazine groups is 1. The zero-order valence-electron chi connectivity index (χ0n) is 9.80. The number of rotatable bonds is 1. The third kappa shape index (κ3) is 2.08. The van der Waals surface area contributed by atoms with E-state index in [0.29, 0.717) is 6.04 Å². The van der Waals surface area contributed by atoms with Gasteiger partial charge in [0.15, 0.2) is 0 Å². The topological polar surface area (TPSA) is 42.1 Å². The molecule has 0 aliphatic carbocycles. The fourth-order valence-corrected chi connectivity index (χ4v) is 3.43. The molecule has 4 heteroatoms. The number of pyridine rings is 1. The normalized spacial score (nSPS) is 22.8. The molecule has 2 aromatic heterocycles. The lowest BCUT2D eigenvalue weighted by molar-refractivity contribution is 0.208. The van der Waals surface area contributed by atoms with Crippen molar-refractivity contribution >= 4 is 22.2 Å². The first-order valence-corrected chi connectivity index (χ1v) is 7.12. The number of fused-ring (bicyclic) bond motifs is 1. The molecule has 17 heavy (non-hydrogen) atoms. The second kappa shape index (κ2) is 4.72. The average molecular weight is 247 g/mol. The molecule has 1 aliphatic heterocycles. The SMILES string of the molecule is NN1CCCCCC1c1ccnc2cscc12. The molecule has 0 amide bonds. The van der Waals surface area contributed by atoms with Crippen LogP contribution in [-0.2, 0) is 0 Å².